The summed E-state index contributed by atoms with van der Waals surface area (Å²) in [5.74, 6) is 0. The summed E-state index contributed by atoms with van der Waals surface area (Å²) in [4.78, 5) is 0. The van der Waals surface area contributed by atoms with Crippen molar-refractivity contribution in [2.24, 2.45) is 0 Å². The van der Waals surface area contributed by atoms with Crippen molar-refractivity contribution < 1.29 is 0 Å². The minimum Gasteiger partial charge on any atom is -0.168 e. The van der Waals surface area contributed by atoms with Gasteiger partial charge in [0.1, 0.15) is 0 Å². The Morgan fingerprint density at radius 2 is 2.15 bits per heavy atom. The van der Waals surface area contributed by atoms with E-state index in [1.807, 2.05) is 0 Å². The first-order chi connectivity index (χ1) is 6.27. The third-order valence-electron chi connectivity index (χ3n) is 2.87. The second-order valence-corrected chi connectivity index (χ2v) is 5.10. The van der Waals surface area contributed by atoms with Crippen LogP contribution < -0.4 is 0 Å². The third-order valence-corrected chi connectivity index (χ3v) is 3.47. The van der Waals surface area contributed by atoms with Gasteiger partial charge in [-0.05, 0) is 25.7 Å². The molecule has 1 heteroatoms. The molecule has 1 rings (SSSR count). The predicted molar refractivity (Wildman–Crippen MR) is 63.5 cm³/mol. The Balaban J connectivity index is 2.18. The zero-order chi connectivity index (χ0) is 9.57. The topological polar surface area (TPSA) is 0 Å². The van der Waals surface area contributed by atoms with Crippen LogP contribution in [0.3, 0.4) is 0 Å². The molecule has 1 aliphatic carbocycles. The minimum atomic E-state index is 0.242. The fourth-order valence-corrected chi connectivity index (χ4v) is 2.40. The molecule has 0 aromatic heterocycles. The van der Waals surface area contributed by atoms with E-state index in [0.29, 0.717) is 0 Å². The molecular formula is C12H22S. The second-order valence-electron chi connectivity index (χ2n) is 4.21. The SMILES string of the molecule is CCCCCC[C@@]1(S)C=CCCC1. The van der Waals surface area contributed by atoms with E-state index in [1.54, 1.807) is 0 Å². The summed E-state index contributed by atoms with van der Waals surface area (Å²) in [5.41, 5.74) is 0. The lowest BCUT2D eigenvalue weighted by Crippen LogP contribution is -2.20. The standard InChI is InChI=1S/C12H22S/c1-2-3-4-6-9-12(13)10-7-5-8-11-12/h7,10,13H,2-6,8-9,11H2,1H3/t12-/m1/s1. The highest BCUT2D eigenvalue weighted by Gasteiger charge is 2.22. The lowest BCUT2D eigenvalue weighted by Gasteiger charge is -2.27. The van der Waals surface area contributed by atoms with Crippen LogP contribution in [0.2, 0.25) is 0 Å². The largest absolute Gasteiger partial charge is 0.168 e. The average molecular weight is 198 g/mol. The van der Waals surface area contributed by atoms with E-state index in [1.165, 1.54) is 51.4 Å². The average Bonchev–Trinajstić information content (AvgIpc) is 2.14. The Bertz CT molecular complexity index is 163. The van der Waals surface area contributed by atoms with Crippen LogP contribution in [0.15, 0.2) is 12.2 Å². The highest BCUT2D eigenvalue weighted by molar-refractivity contribution is 7.82. The zero-order valence-corrected chi connectivity index (χ0v) is 9.65. The van der Waals surface area contributed by atoms with Gasteiger partial charge < -0.3 is 0 Å². The van der Waals surface area contributed by atoms with Gasteiger partial charge in [-0.3, -0.25) is 0 Å². The monoisotopic (exact) mass is 198 g/mol. The smallest absolute Gasteiger partial charge is 0.0308 e. The van der Waals surface area contributed by atoms with E-state index in [2.05, 4.69) is 19.1 Å². The molecule has 0 N–H and O–H groups in total. The van der Waals surface area contributed by atoms with Crippen molar-refractivity contribution in [2.45, 2.75) is 63.0 Å². The summed E-state index contributed by atoms with van der Waals surface area (Å²) < 4.78 is 0.242. The van der Waals surface area contributed by atoms with Gasteiger partial charge in [0.05, 0.1) is 0 Å². The predicted octanol–water partition coefficient (Wildman–Crippen LogP) is 4.37. The Kier molecular flexibility index (Phi) is 4.93. The molecule has 0 aromatic rings. The number of hydrogen-bond acceptors (Lipinski definition) is 1. The molecule has 0 spiro atoms. The lowest BCUT2D eigenvalue weighted by atomic mass is 9.90. The molecule has 0 fully saturated rings. The van der Waals surface area contributed by atoms with E-state index in [-0.39, 0.29) is 4.75 Å². The zero-order valence-electron chi connectivity index (χ0n) is 8.76. The first-order valence-corrected chi connectivity index (χ1v) is 6.12. The maximum atomic E-state index is 4.77. The van der Waals surface area contributed by atoms with Crippen molar-refractivity contribution in [3.8, 4) is 0 Å². The molecule has 0 saturated heterocycles. The van der Waals surface area contributed by atoms with E-state index in [4.69, 9.17) is 12.6 Å². The maximum absolute atomic E-state index is 4.77. The minimum absolute atomic E-state index is 0.242. The molecule has 0 aromatic carbocycles. The van der Waals surface area contributed by atoms with Crippen molar-refractivity contribution in [3.63, 3.8) is 0 Å². The normalized spacial score (nSPS) is 27.8. The van der Waals surface area contributed by atoms with Crippen molar-refractivity contribution in [1.82, 2.24) is 0 Å². The molecule has 1 aliphatic rings. The quantitative estimate of drug-likeness (QED) is 0.378. The molecule has 0 aliphatic heterocycles. The second kappa shape index (κ2) is 5.74. The summed E-state index contributed by atoms with van der Waals surface area (Å²) >= 11 is 4.77. The van der Waals surface area contributed by atoms with Gasteiger partial charge >= 0.3 is 0 Å². The van der Waals surface area contributed by atoms with Crippen molar-refractivity contribution in [1.29, 1.82) is 0 Å². The highest BCUT2D eigenvalue weighted by Crippen LogP contribution is 2.33. The summed E-state index contributed by atoms with van der Waals surface area (Å²) in [6, 6.07) is 0. The molecule has 0 unspecified atom stereocenters. The Morgan fingerprint density at radius 1 is 1.31 bits per heavy atom. The molecule has 0 amide bonds. The molecule has 0 saturated carbocycles. The van der Waals surface area contributed by atoms with Gasteiger partial charge in [-0.1, -0.05) is 44.8 Å². The van der Waals surface area contributed by atoms with E-state index < -0.39 is 0 Å². The number of allylic oxidation sites excluding steroid dienone is 1. The van der Waals surface area contributed by atoms with Gasteiger partial charge in [0.25, 0.3) is 0 Å². The van der Waals surface area contributed by atoms with Crippen LogP contribution >= 0.6 is 12.6 Å². The van der Waals surface area contributed by atoms with Crippen LogP contribution in [0, 0.1) is 0 Å². The van der Waals surface area contributed by atoms with Crippen molar-refractivity contribution >= 4 is 12.6 Å². The number of thiol groups is 1. The molecular weight excluding hydrogens is 176 g/mol. The summed E-state index contributed by atoms with van der Waals surface area (Å²) in [5, 5.41) is 0. The molecule has 0 heterocycles. The number of rotatable bonds is 5. The van der Waals surface area contributed by atoms with Crippen molar-refractivity contribution in [2.75, 3.05) is 0 Å². The first kappa shape index (κ1) is 11.2. The summed E-state index contributed by atoms with van der Waals surface area (Å²) in [6.45, 7) is 2.26. The van der Waals surface area contributed by atoms with Crippen LogP contribution in [0.25, 0.3) is 0 Å². The van der Waals surface area contributed by atoms with E-state index >= 15 is 0 Å². The van der Waals surface area contributed by atoms with Crippen LogP contribution in [0.1, 0.15) is 58.3 Å². The van der Waals surface area contributed by atoms with Crippen LogP contribution in [-0.2, 0) is 0 Å². The Morgan fingerprint density at radius 3 is 2.77 bits per heavy atom. The van der Waals surface area contributed by atoms with Gasteiger partial charge in [0.15, 0.2) is 0 Å². The van der Waals surface area contributed by atoms with Gasteiger partial charge in [-0.2, -0.15) is 12.6 Å². The van der Waals surface area contributed by atoms with E-state index in [9.17, 15) is 0 Å². The molecule has 0 nitrogen and oxygen atoms in total. The van der Waals surface area contributed by atoms with Gasteiger partial charge in [0, 0.05) is 4.75 Å². The third kappa shape index (κ3) is 4.21. The lowest BCUT2D eigenvalue weighted by molar-refractivity contribution is 0.512. The van der Waals surface area contributed by atoms with Gasteiger partial charge in [-0.15, -0.1) is 0 Å². The number of hydrogen-bond donors (Lipinski definition) is 1. The summed E-state index contributed by atoms with van der Waals surface area (Å²) in [6.07, 6.45) is 15.2. The fourth-order valence-electron chi connectivity index (χ4n) is 1.98. The van der Waals surface area contributed by atoms with Crippen LogP contribution in [0.5, 0.6) is 0 Å². The number of unbranched alkanes of at least 4 members (excludes halogenated alkanes) is 3. The molecule has 0 radical (unpaired) electrons. The van der Waals surface area contributed by atoms with Crippen molar-refractivity contribution in [3.05, 3.63) is 12.2 Å². The van der Waals surface area contributed by atoms with Crippen LogP contribution in [-0.4, -0.2) is 4.75 Å². The first-order valence-electron chi connectivity index (χ1n) is 5.67. The molecule has 13 heavy (non-hydrogen) atoms. The molecule has 1 atom stereocenters. The maximum Gasteiger partial charge on any atom is 0.0308 e. The Labute approximate surface area is 88.2 Å². The van der Waals surface area contributed by atoms with E-state index in [0.717, 1.165) is 0 Å². The molecule has 76 valence electrons. The fraction of sp³-hybridized carbons (Fsp3) is 0.833. The van der Waals surface area contributed by atoms with Gasteiger partial charge in [0.2, 0.25) is 0 Å². The molecule has 0 bridgehead atoms. The Hall–Kier alpha value is 0.0900. The van der Waals surface area contributed by atoms with Gasteiger partial charge in [-0.25, -0.2) is 0 Å². The van der Waals surface area contributed by atoms with Crippen LogP contribution in [0.4, 0.5) is 0 Å². The highest BCUT2D eigenvalue weighted by atomic mass is 32.1. The summed E-state index contributed by atoms with van der Waals surface area (Å²) in [7, 11) is 0.